The van der Waals surface area contributed by atoms with Gasteiger partial charge in [0, 0.05) is 12.1 Å². The Morgan fingerprint density at radius 2 is 1.86 bits per heavy atom. The molecular weight excluding hydrogens is 284 g/mol. The van der Waals surface area contributed by atoms with E-state index in [9.17, 15) is 9.59 Å². The number of nitrogens with zero attached hydrogens (tertiary/aromatic N) is 2. The fourth-order valence-electron chi connectivity index (χ4n) is 3.11. The molecule has 1 aliphatic rings. The van der Waals surface area contributed by atoms with Gasteiger partial charge in [-0.05, 0) is 53.9 Å². The molecule has 6 heteroatoms. The fourth-order valence-corrected chi connectivity index (χ4v) is 3.11. The average molecular weight is 308 g/mol. The van der Waals surface area contributed by atoms with E-state index in [1.54, 1.807) is 20.8 Å². The van der Waals surface area contributed by atoms with Crippen LogP contribution in [0.3, 0.4) is 0 Å². The van der Waals surface area contributed by atoms with E-state index < -0.39 is 12.1 Å². The van der Waals surface area contributed by atoms with Crippen LogP contribution in [0, 0.1) is 13.8 Å². The molecule has 1 aliphatic heterocycles. The van der Waals surface area contributed by atoms with Gasteiger partial charge in [0.25, 0.3) is 5.91 Å². The van der Waals surface area contributed by atoms with Gasteiger partial charge in [0.2, 0.25) is 0 Å². The molecule has 0 radical (unpaired) electrons. The van der Waals surface area contributed by atoms with Crippen LogP contribution in [-0.2, 0) is 9.53 Å². The van der Waals surface area contributed by atoms with Gasteiger partial charge in [0.05, 0.1) is 5.69 Å². The summed E-state index contributed by atoms with van der Waals surface area (Å²) in [4.78, 5) is 26.7. The van der Waals surface area contributed by atoms with E-state index in [0.29, 0.717) is 17.0 Å². The fraction of sp³-hybridized carbons (Fsp3) is 0.688. The molecule has 122 valence electrons. The van der Waals surface area contributed by atoms with Crippen molar-refractivity contribution in [2.75, 3.05) is 0 Å². The highest BCUT2D eigenvalue weighted by molar-refractivity contribution is 5.93. The smallest absolute Gasteiger partial charge is 0.344 e. The molecule has 0 unspecified atom stereocenters. The molecule has 1 amide bonds. The molecule has 1 aromatic heterocycles. The Bertz CT molecular complexity index is 537. The summed E-state index contributed by atoms with van der Waals surface area (Å²) in [6.07, 6.45) is 2.28. The molecule has 22 heavy (non-hydrogen) atoms. The maximum absolute atomic E-state index is 12.6. The lowest BCUT2D eigenvalue weighted by atomic mass is 9.97. The number of esters is 1. The van der Waals surface area contributed by atoms with Crippen LogP contribution in [0.2, 0.25) is 0 Å². The van der Waals surface area contributed by atoms with E-state index in [2.05, 4.69) is 5.16 Å². The van der Waals surface area contributed by atoms with Gasteiger partial charge in [-0.15, -0.1) is 0 Å². The lowest BCUT2D eigenvalue weighted by molar-refractivity contribution is -0.146. The number of aromatic nitrogens is 1. The van der Waals surface area contributed by atoms with E-state index in [1.807, 2.05) is 18.7 Å². The first-order chi connectivity index (χ1) is 10.3. The average Bonchev–Trinajstić information content (AvgIpc) is 2.77. The number of likely N-dealkylation sites (tertiary alicyclic amines) is 1. The van der Waals surface area contributed by atoms with Crippen LogP contribution in [0.1, 0.15) is 61.8 Å². The van der Waals surface area contributed by atoms with Crippen LogP contribution in [-0.4, -0.2) is 40.1 Å². The monoisotopic (exact) mass is 308 g/mol. The number of hydrogen-bond donors (Lipinski definition) is 0. The zero-order chi connectivity index (χ0) is 16.4. The first kappa shape index (κ1) is 16.5. The summed E-state index contributed by atoms with van der Waals surface area (Å²) < 4.78 is 10.3. The van der Waals surface area contributed by atoms with Crippen molar-refractivity contribution in [3.63, 3.8) is 0 Å². The van der Waals surface area contributed by atoms with Crippen LogP contribution in [0.25, 0.3) is 0 Å². The van der Waals surface area contributed by atoms with Gasteiger partial charge < -0.3 is 14.2 Å². The van der Waals surface area contributed by atoms with Gasteiger partial charge in [-0.3, -0.25) is 4.79 Å². The minimum absolute atomic E-state index is 0.139. The summed E-state index contributed by atoms with van der Waals surface area (Å²) >= 11 is 0. The summed E-state index contributed by atoms with van der Waals surface area (Å²) in [5, 5.41) is 3.73. The molecule has 2 heterocycles. The second-order valence-electron chi connectivity index (χ2n) is 6.12. The summed E-state index contributed by atoms with van der Waals surface area (Å²) in [6, 6.07) is 0.355. The second kappa shape index (κ2) is 6.50. The standard InChI is InChI=1S/C16H24N2O4/c1-9-7-6-8-10(2)18(9)15(19)13(5)21-16(20)14-11(3)17-22-12(14)4/h9-10,13H,6-8H2,1-5H3/t9-,10-,13+/m0/s1. The van der Waals surface area contributed by atoms with E-state index in [1.165, 1.54) is 0 Å². The third kappa shape index (κ3) is 3.15. The third-order valence-corrected chi connectivity index (χ3v) is 4.32. The molecule has 0 saturated carbocycles. The van der Waals surface area contributed by atoms with E-state index >= 15 is 0 Å². The molecule has 0 spiro atoms. The maximum atomic E-state index is 12.6. The number of ether oxygens (including phenoxy) is 1. The Morgan fingerprint density at radius 1 is 1.27 bits per heavy atom. The molecule has 3 atom stereocenters. The Hall–Kier alpha value is -1.85. The van der Waals surface area contributed by atoms with E-state index in [0.717, 1.165) is 19.3 Å². The van der Waals surface area contributed by atoms with Crippen LogP contribution < -0.4 is 0 Å². The molecule has 0 N–H and O–H groups in total. The van der Waals surface area contributed by atoms with Gasteiger partial charge in [-0.25, -0.2) is 4.79 Å². The second-order valence-corrected chi connectivity index (χ2v) is 6.12. The Morgan fingerprint density at radius 3 is 2.36 bits per heavy atom. The third-order valence-electron chi connectivity index (χ3n) is 4.32. The maximum Gasteiger partial charge on any atom is 0.344 e. The number of rotatable bonds is 3. The van der Waals surface area contributed by atoms with Gasteiger partial charge in [-0.1, -0.05) is 5.16 Å². The van der Waals surface area contributed by atoms with Crippen molar-refractivity contribution in [2.24, 2.45) is 0 Å². The molecule has 1 saturated heterocycles. The largest absolute Gasteiger partial charge is 0.449 e. The molecule has 1 aromatic rings. The first-order valence-corrected chi connectivity index (χ1v) is 7.79. The van der Waals surface area contributed by atoms with Crippen molar-refractivity contribution in [3.05, 3.63) is 17.0 Å². The van der Waals surface area contributed by atoms with Crippen molar-refractivity contribution in [1.82, 2.24) is 10.1 Å². The van der Waals surface area contributed by atoms with Gasteiger partial charge in [0.15, 0.2) is 6.10 Å². The molecular formula is C16H24N2O4. The number of aryl methyl sites for hydroxylation is 2. The Kier molecular flexibility index (Phi) is 4.88. The summed E-state index contributed by atoms with van der Waals surface area (Å²) in [5.74, 6) is -0.295. The molecule has 0 aromatic carbocycles. The predicted molar refractivity (Wildman–Crippen MR) is 80.5 cm³/mol. The normalized spacial score (nSPS) is 23.2. The zero-order valence-electron chi connectivity index (χ0n) is 13.9. The van der Waals surface area contributed by atoms with Crippen molar-refractivity contribution in [3.8, 4) is 0 Å². The van der Waals surface area contributed by atoms with E-state index in [4.69, 9.17) is 9.26 Å². The predicted octanol–water partition coefficient (Wildman–Crippen LogP) is 2.63. The lowest BCUT2D eigenvalue weighted by Gasteiger charge is -2.40. The molecule has 0 aliphatic carbocycles. The topological polar surface area (TPSA) is 72.6 Å². The van der Waals surface area contributed by atoms with E-state index in [-0.39, 0.29) is 18.0 Å². The lowest BCUT2D eigenvalue weighted by Crippen LogP contribution is -2.51. The van der Waals surface area contributed by atoms with Crippen LogP contribution >= 0.6 is 0 Å². The summed E-state index contributed by atoms with van der Waals surface area (Å²) in [5.41, 5.74) is 0.779. The van der Waals surface area contributed by atoms with Crippen LogP contribution in [0.4, 0.5) is 0 Å². The number of carbonyl (C=O) groups is 2. The first-order valence-electron chi connectivity index (χ1n) is 7.79. The molecule has 2 rings (SSSR count). The van der Waals surface area contributed by atoms with Gasteiger partial charge in [0.1, 0.15) is 11.3 Å². The van der Waals surface area contributed by atoms with Crippen molar-refractivity contribution < 1.29 is 18.8 Å². The minimum Gasteiger partial charge on any atom is -0.449 e. The number of piperidine rings is 1. The van der Waals surface area contributed by atoms with Crippen molar-refractivity contribution in [2.45, 2.75) is 72.1 Å². The highest BCUT2D eigenvalue weighted by Gasteiger charge is 2.34. The quantitative estimate of drug-likeness (QED) is 0.803. The number of carbonyl (C=O) groups excluding carboxylic acids is 2. The minimum atomic E-state index is -0.816. The highest BCUT2D eigenvalue weighted by atomic mass is 16.5. The molecule has 1 fully saturated rings. The summed E-state index contributed by atoms with van der Waals surface area (Å²) in [6.45, 7) is 9.02. The Labute approximate surface area is 130 Å². The molecule has 6 nitrogen and oxygen atoms in total. The van der Waals surface area contributed by atoms with Crippen LogP contribution in [0.15, 0.2) is 4.52 Å². The van der Waals surface area contributed by atoms with Crippen molar-refractivity contribution >= 4 is 11.9 Å². The van der Waals surface area contributed by atoms with Gasteiger partial charge >= 0.3 is 5.97 Å². The number of amides is 1. The van der Waals surface area contributed by atoms with Crippen molar-refractivity contribution in [1.29, 1.82) is 0 Å². The zero-order valence-corrected chi connectivity index (χ0v) is 13.9. The molecule has 0 bridgehead atoms. The van der Waals surface area contributed by atoms with Gasteiger partial charge in [-0.2, -0.15) is 0 Å². The van der Waals surface area contributed by atoms with Crippen LogP contribution in [0.5, 0.6) is 0 Å². The SMILES string of the molecule is Cc1noc(C)c1C(=O)O[C@H](C)C(=O)N1[C@@H](C)CCC[C@@H]1C. The summed E-state index contributed by atoms with van der Waals surface area (Å²) in [7, 11) is 0. The highest BCUT2D eigenvalue weighted by Crippen LogP contribution is 2.24. The number of hydrogen-bond acceptors (Lipinski definition) is 5. The Balaban J connectivity index is 2.06.